The van der Waals surface area contributed by atoms with Crippen LogP contribution in [0.15, 0.2) is 58.4 Å². The lowest BCUT2D eigenvalue weighted by molar-refractivity contribution is -0.117. The quantitative estimate of drug-likeness (QED) is 0.769. The molecule has 8 heteroatoms. The number of amidine groups is 1. The lowest BCUT2D eigenvalue weighted by Gasteiger charge is -2.26. The Labute approximate surface area is 177 Å². The van der Waals surface area contributed by atoms with Crippen molar-refractivity contribution >= 4 is 27.5 Å². The molecule has 0 radical (unpaired) electrons. The summed E-state index contributed by atoms with van der Waals surface area (Å²) >= 11 is 0. The van der Waals surface area contributed by atoms with Gasteiger partial charge in [-0.25, -0.2) is 8.42 Å². The van der Waals surface area contributed by atoms with Crippen LogP contribution in [0.2, 0.25) is 0 Å². The highest BCUT2D eigenvalue weighted by Crippen LogP contribution is 2.23. The van der Waals surface area contributed by atoms with E-state index in [1.54, 1.807) is 25.1 Å². The zero-order chi connectivity index (χ0) is 21.1. The van der Waals surface area contributed by atoms with Crippen LogP contribution in [0.5, 0.6) is 0 Å². The SMILES string of the molecule is C[C@H](N=C1NS(=O)(=O)c2ccccc21)C(=O)Nc1cccc(CN2CCCCC2)c1. The molecule has 0 aliphatic carbocycles. The minimum Gasteiger partial charge on any atom is -0.324 e. The van der Waals surface area contributed by atoms with Crippen molar-refractivity contribution in [1.82, 2.24) is 9.62 Å². The molecule has 1 saturated heterocycles. The second kappa shape index (κ2) is 8.57. The minimum atomic E-state index is -3.62. The van der Waals surface area contributed by atoms with E-state index in [9.17, 15) is 13.2 Å². The van der Waals surface area contributed by atoms with E-state index in [-0.39, 0.29) is 16.6 Å². The van der Waals surface area contributed by atoms with Crippen molar-refractivity contribution in [1.29, 1.82) is 0 Å². The Morgan fingerprint density at radius 1 is 1.13 bits per heavy atom. The van der Waals surface area contributed by atoms with Crippen LogP contribution in [0, 0.1) is 0 Å². The first-order valence-electron chi connectivity index (χ1n) is 10.2. The molecule has 2 aliphatic rings. The van der Waals surface area contributed by atoms with E-state index in [4.69, 9.17) is 0 Å². The first-order valence-corrected chi connectivity index (χ1v) is 11.7. The third kappa shape index (κ3) is 4.55. The summed E-state index contributed by atoms with van der Waals surface area (Å²) in [6, 6.07) is 13.7. The first kappa shape index (κ1) is 20.6. The first-order chi connectivity index (χ1) is 14.4. The zero-order valence-electron chi connectivity index (χ0n) is 17.0. The molecule has 7 nitrogen and oxygen atoms in total. The van der Waals surface area contributed by atoms with E-state index in [1.807, 2.05) is 18.2 Å². The largest absolute Gasteiger partial charge is 0.324 e. The lowest BCUT2D eigenvalue weighted by atomic mass is 10.1. The molecule has 2 heterocycles. The third-order valence-corrected chi connectivity index (χ3v) is 6.81. The van der Waals surface area contributed by atoms with Gasteiger partial charge in [-0.15, -0.1) is 0 Å². The van der Waals surface area contributed by atoms with Gasteiger partial charge in [0.15, 0.2) is 0 Å². The van der Waals surface area contributed by atoms with Crippen LogP contribution in [-0.4, -0.2) is 44.2 Å². The summed E-state index contributed by atoms with van der Waals surface area (Å²) in [5.74, 6) is -0.0895. The number of nitrogens with one attached hydrogen (secondary N) is 2. The number of piperidine rings is 1. The van der Waals surface area contributed by atoms with Gasteiger partial charge in [0.05, 0.1) is 4.90 Å². The Bertz CT molecular complexity index is 1080. The predicted molar refractivity (Wildman–Crippen MR) is 117 cm³/mol. The van der Waals surface area contributed by atoms with Gasteiger partial charge >= 0.3 is 0 Å². The van der Waals surface area contributed by atoms with Crippen LogP contribution in [0.4, 0.5) is 5.69 Å². The highest BCUT2D eigenvalue weighted by molar-refractivity contribution is 7.90. The van der Waals surface area contributed by atoms with Gasteiger partial charge in [-0.1, -0.05) is 30.7 Å². The maximum Gasteiger partial charge on any atom is 0.263 e. The van der Waals surface area contributed by atoms with Gasteiger partial charge in [-0.2, -0.15) is 0 Å². The Morgan fingerprint density at radius 2 is 1.90 bits per heavy atom. The van der Waals surface area contributed by atoms with Gasteiger partial charge in [0.1, 0.15) is 11.9 Å². The van der Waals surface area contributed by atoms with E-state index < -0.39 is 16.1 Å². The number of hydrogen-bond acceptors (Lipinski definition) is 5. The number of carbonyl (C=O) groups is 1. The number of sulfonamides is 1. The van der Waals surface area contributed by atoms with Crippen molar-refractivity contribution < 1.29 is 13.2 Å². The fourth-order valence-electron chi connectivity index (χ4n) is 3.85. The molecule has 2 aromatic carbocycles. The average molecular weight is 427 g/mol. The van der Waals surface area contributed by atoms with Crippen LogP contribution < -0.4 is 10.0 Å². The fourth-order valence-corrected chi connectivity index (χ4v) is 5.09. The van der Waals surface area contributed by atoms with Crippen molar-refractivity contribution in [2.45, 2.75) is 43.7 Å². The monoisotopic (exact) mass is 426 g/mol. The van der Waals surface area contributed by atoms with Crippen molar-refractivity contribution in [3.05, 3.63) is 59.7 Å². The molecule has 0 unspecified atom stereocenters. The molecule has 2 N–H and O–H groups in total. The van der Waals surface area contributed by atoms with Gasteiger partial charge in [0.2, 0.25) is 5.91 Å². The number of fused-ring (bicyclic) bond motifs is 1. The molecule has 0 aromatic heterocycles. The average Bonchev–Trinajstić information content (AvgIpc) is 2.99. The molecule has 2 aromatic rings. The normalized spacial score (nSPS) is 20.4. The van der Waals surface area contributed by atoms with Gasteiger partial charge in [-0.05, 0) is 62.7 Å². The summed E-state index contributed by atoms with van der Waals surface area (Å²) in [5, 5.41) is 2.90. The Morgan fingerprint density at radius 3 is 2.70 bits per heavy atom. The topological polar surface area (TPSA) is 90.9 Å². The number of likely N-dealkylation sites (tertiary alicyclic amines) is 1. The van der Waals surface area contributed by atoms with Crippen LogP contribution >= 0.6 is 0 Å². The summed E-state index contributed by atoms with van der Waals surface area (Å²) in [6.45, 7) is 4.75. The summed E-state index contributed by atoms with van der Waals surface area (Å²) < 4.78 is 26.9. The third-order valence-electron chi connectivity index (χ3n) is 5.41. The minimum absolute atomic E-state index is 0.182. The second-order valence-electron chi connectivity index (χ2n) is 7.78. The maximum atomic E-state index is 12.7. The number of benzene rings is 2. The summed E-state index contributed by atoms with van der Waals surface area (Å²) in [7, 11) is -3.62. The van der Waals surface area contributed by atoms with Crippen LogP contribution in [0.25, 0.3) is 0 Å². The molecular weight excluding hydrogens is 400 g/mol. The Kier molecular flexibility index (Phi) is 5.87. The number of amides is 1. The number of aliphatic imine (C=N–C) groups is 1. The molecule has 0 bridgehead atoms. The predicted octanol–water partition coefficient (Wildman–Crippen LogP) is 2.74. The number of hydrogen-bond donors (Lipinski definition) is 2. The highest BCUT2D eigenvalue weighted by atomic mass is 32.2. The highest BCUT2D eigenvalue weighted by Gasteiger charge is 2.31. The van der Waals surface area contributed by atoms with E-state index in [1.165, 1.54) is 25.3 Å². The van der Waals surface area contributed by atoms with E-state index in [0.717, 1.165) is 25.2 Å². The van der Waals surface area contributed by atoms with Crippen LogP contribution in [-0.2, 0) is 21.4 Å². The van der Waals surface area contributed by atoms with Crippen molar-refractivity contribution in [2.24, 2.45) is 4.99 Å². The Hall–Kier alpha value is -2.71. The molecule has 4 rings (SSSR count). The summed E-state index contributed by atoms with van der Waals surface area (Å²) in [4.78, 5) is 19.6. The van der Waals surface area contributed by atoms with E-state index in [0.29, 0.717) is 11.3 Å². The van der Waals surface area contributed by atoms with Gasteiger partial charge in [0, 0.05) is 17.8 Å². The molecular formula is C22H26N4O3S. The zero-order valence-corrected chi connectivity index (χ0v) is 17.8. The maximum absolute atomic E-state index is 12.7. The molecule has 1 atom stereocenters. The van der Waals surface area contributed by atoms with Crippen molar-refractivity contribution in [2.75, 3.05) is 18.4 Å². The molecule has 0 spiro atoms. The van der Waals surface area contributed by atoms with Gasteiger partial charge in [-0.3, -0.25) is 19.4 Å². The number of carbonyl (C=O) groups excluding carboxylic acids is 1. The van der Waals surface area contributed by atoms with Crippen LogP contribution in [0.3, 0.4) is 0 Å². The molecule has 1 fully saturated rings. The summed E-state index contributed by atoms with van der Waals surface area (Å²) in [6.07, 6.45) is 3.77. The standard InChI is InChI=1S/C22H26N4O3S/c1-16(23-21-19-10-3-4-11-20(19)30(28,29)25-21)22(27)24-18-9-7-8-17(14-18)15-26-12-5-2-6-13-26/h3-4,7-11,14,16H,2,5-6,12-13,15H2,1H3,(H,23,25)(H,24,27)/t16-/m0/s1. The molecule has 0 saturated carbocycles. The number of anilines is 1. The van der Waals surface area contributed by atoms with Gasteiger partial charge < -0.3 is 5.32 Å². The van der Waals surface area contributed by atoms with Crippen LogP contribution in [0.1, 0.15) is 37.3 Å². The number of rotatable bonds is 5. The van der Waals surface area contributed by atoms with Gasteiger partial charge in [0.25, 0.3) is 10.0 Å². The fraction of sp³-hybridized carbons (Fsp3) is 0.364. The molecule has 30 heavy (non-hydrogen) atoms. The van der Waals surface area contributed by atoms with Crippen molar-refractivity contribution in [3.63, 3.8) is 0 Å². The molecule has 158 valence electrons. The smallest absolute Gasteiger partial charge is 0.263 e. The van der Waals surface area contributed by atoms with Crippen molar-refractivity contribution in [3.8, 4) is 0 Å². The second-order valence-corrected chi connectivity index (χ2v) is 9.43. The number of nitrogens with zero attached hydrogens (tertiary/aromatic N) is 2. The lowest BCUT2D eigenvalue weighted by Crippen LogP contribution is -2.29. The summed E-state index contributed by atoms with van der Waals surface area (Å²) in [5.41, 5.74) is 2.36. The Balaban J connectivity index is 1.44. The van der Waals surface area contributed by atoms with E-state index >= 15 is 0 Å². The van der Waals surface area contributed by atoms with E-state index in [2.05, 4.69) is 26.0 Å². The molecule has 1 amide bonds. The molecule has 2 aliphatic heterocycles.